The van der Waals surface area contributed by atoms with E-state index in [0.717, 1.165) is 28.1 Å². The van der Waals surface area contributed by atoms with Crippen molar-refractivity contribution < 1.29 is 18.7 Å². The van der Waals surface area contributed by atoms with Gasteiger partial charge in [0.25, 0.3) is 0 Å². The third-order valence-corrected chi connectivity index (χ3v) is 13.0. The molecule has 37 heavy (non-hydrogen) atoms. The van der Waals surface area contributed by atoms with E-state index < -0.39 is 19.3 Å². The van der Waals surface area contributed by atoms with E-state index in [9.17, 15) is 4.79 Å². The second kappa shape index (κ2) is 9.03. The van der Waals surface area contributed by atoms with E-state index in [0.29, 0.717) is 6.42 Å². The van der Waals surface area contributed by atoms with E-state index in [1.54, 1.807) is 7.11 Å². The zero-order valence-electron chi connectivity index (χ0n) is 22.6. The lowest BCUT2D eigenvalue weighted by molar-refractivity contribution is -0.156. The summed E-state index contributed by atoms with van der Waals surface area (Å²) >= 11 is 0. The van der Waals surface area contributed by atoms with Crippen LogP contribution >= 0.6 is 0 Å². The minimum Gasteiger partial charge on any atom is -0.497 e. The SMILES string of the molecule is COc1ccc2c(c1)[C@]1(O[Si](C)(C)C(C)(C)C)C[C@]1(C(=O)OCc1ccccc1)[C@H](c1ccccc1)N2. The molecule has 1 saturated carbocycles. The van der Waals surface area contributed by atoms with Crippen molar-refractivity contribution in [2.24, 2.45) is 5.41 Å². The fourth-order valence-corrected chi connectivity index (χ4v) is 6.94. The number of carbonyl (C=O) groups excluding carboxylic acids is 1. The Kier molecular flexibility index (Phi) is 6.24. The van der Waals surface area contributed by atoms with Gasteiger partial charge in [0.2, 0.25) is 0 Å². The van der Waals surface area contributed by atoms with Crippen LogP contribution in [0.25, 0.3) is 0 Å². The number of benzene rings is 3. The minimum atomic E-state index is -2.31. The first-order valence-electron chi connectivity index (χ1n) is 13.0. The maximum atomic E-state index is 14.3. The third-order valence-electron chi connectivity index (χ3n) is 8.52. The average Bonchev–Trinajstić information content (AvgIpc) is 3.57. The van der Waals surface area contributed by atoms with Gasteiger partial charge in [0.15, 0.2) is 8.32 Å². The van der Waals surface area contributed by atoms with Gasteiger partial charge in [-0.2, -0.15) is 0 Å². The van der Waals surface area contributed by atoms with E-state index in [4.69, 9.17) is 13.9 Å². The summed E-state index contributed by atoms with van der Waals surface area (Å²) in [6, 6.07) is 25.8. The summed E-state index contributed by atoms with van der Waals surface area (Å²) in [6.07, 6.45) is 0.548. The number of anilines is 1. The predicted molar refractivity (Wildman–Crippen MR) is 149 cm³/mol. The Hall–Kier alpha value is -3.09. The first-order valence-corrected chi connectivity index (χ1v) is 15.9. The number of carbonyl (C=O) groups is 1. The number of esters is 1. The molecular formula is C31H37NO4Si. The topological polar surface area (TPSA) is 56.8 Å². The molecule has 1 N–H and O–H groups in total. The van der Waals surface area contributed by atoms with Crippen molar-refractivity contribution in [2.45, 2.75) is 63.6 Å². The highest BCUT2D eigenvalue weighted by molar-refractivity contribution is 6.74. The van der Waals surface area contributed by atoms with E-state index in [1.807, 2.05) is 66.7 Å². The lowest BCUT2D eigenvalue weighted by atomic mass is 9.80. The molecule has 1 aliphatic carbocycles. The molecule has 194 valence electrons. The van der Waals surface area contributed by atoms with Crippen molar-refractivity contribution in [1.29, 1.82) is 0 Å². The van der Waals surface area contributed by atoms with Gasteiger partial charge in [-0.25, -0.2) is 0 Å². The van der Waals surface area contributed by atoms with Crippen LogP contribution in [0.2, 0.25) is 18.1 Å². The smallest absolute Gasteiger partial charge is 0.318 e. The predicted octanol–water partition coefficient (Wildman–Crippen LogP) is 7.21. The number of hydrogen-bond acceptors (Lipinski definition) is 5. The van der Waals surface area contributed by atoms with Crippen LogP contribution < -0.4 is 10.1 Å². The Morgan fingerprint density at radius 3 is 2.27 bits per heavy atom. The van der Waals surface area contributed by atoms with Crippen LogP contribution in [0, 0.1) is 5.41 Å². The van der Waals surface area contributed by atoms with Crippen LogP contribution in [0.1, 0.15) is 49.9 Å². The molecule has 1 fully saturated rings. The zero-order chi connectivity index (χ0) is 26.5. The van der Waals surface area contributed by atoms with Crippen molar-refractivity contribution in [3.8, 4) is 5.75 Å². The van der Waals surface area contributed by atoms with Crippen LogP contribution in [-0.2, 0) is 26.2 Å². The van der Waals surface area contributed by atoms with Gasteiger partial charge >= 0.3 is 5.97 Å². The molecule has 0 bridgehead atoms. The second-order valence-corrected chi connectivity index (χ2v) is 16.5. The van der Waals surface area contributed by atoms with Crippen LogP contribution in [0.15, 0.2) is 78.9 Å². The van der Waals surface area contributed by atoms with E-state index in [2.05, 4.69) is 51.3 Å². The summed E-state index contributed by atoms with van der Waals surface area (Å²) in [6.45, 7) is 11.4. The molecule has 0 spiro atoms. The van der Waals surface area contributed by atoms with Gasteiger partial charge in [-0.05, 0) is 47.5 Å². The summed E-state index contributed by atoms with van der Waals surface area (Å²) in [5.41, 5.74) is 2.24. The molecule has 6 heteroatoms. The fourth-order valence-electron chi connectivity index (χ4n) is 5.40. The quantitative estimate of drug-likeness (QED) is 0.266. The Bertz CT molecular complexity index is 1290. The Morgan fingerprint density at radius 1 is 1.00 bits per heavy atom. The van der Waals surface area contributed by atoms with Gasteiger partial charge in [-0.15, -0.1) is 0 Å². The summed E-state index contributed by atoms with van der Waals surface area (Å²) < 4.78 is 19.0. The summed E-state index contributed by atoms with van der Waals surface area (Å²) in [7, 11) is -0.639. The highest BCUT2D eigenvalue weighted by Gasteiger charge is 2.81. The Balaban J connectivity index is 1.65. The lowest BCUT2D eigenvalue weighted by Gasteiger charge is -2.45. The van der Waals surface area contributed by atoms with E-state index >= 15 is 0 Å². The zero-order valence-corrected chi connectivity index (χ0v) is 23.6. The van der Waals surface area contributed by atoms with E-state index in [-0.39, 0.29) is 23.7 Å². The molecule has 0 amide bonds. The largest absolute Gasteiger partial charge is 0.497 e. The Morgan fingerprint density at radius 2 is 1.65 bits per heavy atom. The average molecular weight is 516 g/mol. The third kappa shape index (κ3) is 4.16. The molecule has 2 aliphatic rings. The molecule has 0 radical (unpaired) electrons. The molecule has 0 unspecified atom stereocenters. The maximum Gasteiger partial charge on any atom is 0.318 e. The monoisotopic (exact) mass is 515 g/mol. The molecule has 1 heterocycles. The van der Waals surface area contributed by atoms with Crippen LogP contribution in [0.4, 0.5) is 5.69 Å². The summed E-state index contributed by atoms with van der Waals surface area (Å²) in [5.74, 6) is 0.514. The number of rotatable bonds is 7. The minimum absolute atomic E-state index is 0.0316. The van der Waals surface area contributed by atoms with Crippen molar-refractivity contribution >= 4 is 20.0 Å². The number of fused-ring (bicyclic) bond motifs is 3. The molecular weight excluding hydrogens is 478 g/mol. The van der Waals surface area contributed by atoms with Gasteiger partial charge < -0.3 is 19.2 Å². The molecule has 0 aromatic heterocycles. The highest BCUT2D eigenvalue weighted by Crippen LogP contribution is 2.76. The van der Waals surface area contributed by atoms with Crippen LogP contribution in [-0.4, -0.2) is 21.4 Å². The molecule has 3 aromatic carbocycles. The maximum absolute atomic E-state index is 14.3. The first-order chi connectivity index (χ1) is 17.5. The molecule has 5 nitrogen and oxygen atoms in total. The Labute approximate surface area is 221 Å². The number of nitrogens with one attached hydrogen (secondary N) is 1. The molecule has 5 rings (SSSR count). The van der Waals surface area contributed by atoms with Gasteiger partial charge in [0.1, 0.15) is 23.4 Å². The number of hydrogen-bond donors (Lipinski definition) is 1. The van der Waals surface area contributed by atoms with Gasteiger partial charge in [-0.3, -0.25) is 4.79 Å². The molecule has 1 aliphatic heterocycles. The van der Waals surface area contributed by atoms with E-state index in [1.165, 1.54) is 0 Å². The molecule has 3 aromatic rings. The van der Waals surface area contributed by atoms with Crippen LogP contribution in [0.3, 0.4) is 0 Å². The van der Waals surface area contributed by atoms with Gasteiger partial charge in [0, 0.05) is 17.7 Å². The van der Waals surface area contributed by atoms with Crippen molar-refractivity contribution in [1.82, 2.24) is 0 Å². The van der Waals surface area contributed by atoms with Crippen molar-refractivity contribution in [3.05, 3.63) is 95.6 Å². The highest BCUT2D eigenvalue weighted by atomic mass is 28.4. The first kappa shape index (κ1) is 25.6. The summed E-state index contributed by atoms with van der Waals surface area (Å²) in [4.78, 5) is 14.3. The van der Waals surface area contributed by atoms with Gasteiger partial charge in [-0.1, -0.05) is 81.4 Å². The van der Waals surface area contributed by atoms with Crippen molar-refractivity contribution in [2.75, 3.05) is 12.4 Å². The summed E-state index contributed by atoms with van der Waals surface area (Å²) in [5, 5.41) is 3.67. The van der Waals surface area contributed by atoms with Crippen LogP contribution in [0.5, 0.6) is 5.75 Å². The number of ether oxygens (including phenoxy) is 2. The normalized spacial score (nSPS) is 24.3. The number of methoxy groups -OCH3 is 1. The standard InChI is InChI=1S/C31H37NO4Si/c1-29(2,3)37(5,6)36-31-21-30(31,28(33)35-20-22-13-9-7-10-14-22)27(23-15-11-8-12-16-23)32-26-18-17-24(34-4)19-25(26)31/h7-19,27,32H,20-21H2,1-6H3/t27-,30+,31+/m0/s1. The van der Waals surface area contributed by atoms with Crippen molar-refractivity contribution in [3.63, 3.8) is 0 Å². The van der Waals surface area contributed by atoms with Gasteiger partial charge in [0.05, 0.1) is 13.2 Å². The molecule has 0 saturated heterocycles. The lowest BCUT2D eigenvalue weighted by Crippen LogP contribution is -2.50. The molecule has 3 atom stereocenters. The fraction of sp³-hybridized carbons (Fsp3) is 0.387. The second-order valence-electron chi connectivity index (χ2n) is 11.8.